The van der Waals surface area contributed by atoms with Crippen LogP contribution < -0.4 is 14.8 Å². The number of rotatable bonds is 11. The third-order valence-corrected chi connectivity index (χ3v) is 7.51. The molecule has 0 aromatic heterocycles. The third kappa shape index (κ3) is 7.25. The van der Waals surface area contributed by atoms with Gasteiger partial charge in [0.05, 0.1) is 25.1 Å². The molecule has 3 N–H and O–H groups in total. The third-order valence-electron chi connectivity index (χ3n) is 6.13. The van der Waals surface area contributed by atoms with Crippen molar-refractivity contribution in [2.24, 2.45) is 0 Å². The van der Waals surface area contributed by atoms with Crippen molar-refractivity contribution in [2.75, 3.05) is 32.1 Å². The zero-order valence-corrected chi connectivity index (χ0v) is 18.7. The van der Waals surface area contributed by atoms with Crippen LogP contribution in [-0.4, -0.2) is 70.1 Å². The van der Waals surface area contributed by atoms with Crippen molar-refractivity contribution < 1.29 is 27.8 Å². The van der Waals surface area contributed by atoms with Crippen LogP contribution in [0.1, 0.15) is 50.0 Å². The summed E-state index contributed by atoms with van der Waals surface area (Å²) in [6.45, 7) is 0.980. The summed E-state index contributed by atoms with van der Waals surface area (Å²) < 4.78 is 38.6. The SMILES string of the molecule is O=CCOc1ccccc1[C@H]1CC[C@@H](OC[C@@H]2NCCC[C@@H]2NS(=O)(=O)CCO)CC1. The Bertz CT molecular complexity index is 795. The van der Waals surface area contributed by atoms with Gasteiger partial charge in [-0.15, -0.1) is 0 Å². The summed E-state index contributed by atoms with van der Waals surface area (Å²) in [6.07, 6.45) is 6.40. The lowest BCUT2D eigenvalue weighted by Crippen LogP contribution is -2.56. The molecule has 2 aliphatic rings. The van der Waals surface area contributed by atoms with Crippen LogP contribution in [0.5, 0.6) is 5.75 Å². The van der Waals surface area contributed by atoms with Crippen LogP contribution in [0.2, 0.25) is 0 Å². The van der Waals surface area contributed by atoms with Crippen LogP contribution in [-0.2, 0) is 19.6 Å². The quantitative estimate of drug-likeness (QED) is 0.432. The van der Waals surface area contributed by atoms with Gasteiger partial charge in [0.25, 0.3) is 0 Å². The van der Waals surface area contributed by atoms with Crippen molar-refractivity contribution >= 4 is 16.3 Å². The largest absolute Gasteiger partial charge is 0.486 e. The fourth-order valence-electron chi connectivity index (χ4n) is 4.53. The van der Waals surface area contributed by atoms with Gasteiger partial charge >= 0.3 is 0 Å². The fraction of sp³-hybridized carbons (Fsp3) is 0.682. The number of carbonyl (C=O) groups excluding carboxylic acids is 1. The molecule has 0 bridgehead atoms. The van der Waals surface area contributed by atoms with Crippen LogP contribution in [0.3, 0.4) is 0 Å². The van der Waals surface area contributed by atoms with E-state index < -0.39 is 10.0 Å². The molecular weight excluding hydrogens is 420 g/mol. The van der Waals surface area contributed by atoms with Crippen LogP contribution in [0.25, 0.3) is 0 Å². The van der Waals surface area contributed by atoms with E-state index in [0.717, 1.165) is 62.7 Å². The standard InChI is InChI=1S/C22H34N2O6S/c25-12-14-29-22-6-2-1-4-19(22)17-7-9-18(10-8-17)30-16-21-20(5-3-11-23-21)24-31(27,28)15-13-26/h1-2,4,6,12,17-18,20-21,23-24,26H,3,5,7-11,13-16H2/t17-,18+,20-,21-/m0/s1. The van der Waals surface area contributed by atoms with Gasteiger partial charge in [-0.1, -0.05) is 18.2 Å². The van der Waals surface area contributed by atoms with Crippen LogP contribution in [0.15, 0.2) is 24.3 Å². The average Bonchev–Trinajstić information content (AvgIpc) is 2.77. The number of aldehydes is 1. The molecule has 31 heavy (non-hydrogen) atoms. The fourth-order valence-corrected chi connectivity index (χ4v) is 5.63. The lowest BCUT2D eigenvalue weighted by atomic mass is 9.82. The van der Waals surface area contributed by atoms with Gasteiger partial charge in [0, 0.05) is 12.1 Å². The lowest BCUT2D eigenvalue weighted by molar-refractivity contribution is -0.109. The van der Waals surface area contributed by atoms with Gasteiger partial charge in [-0.3, -0.25) is 4.79 Å². The molecule has 1 aromatic rings. The summed E-state index contributed by atoms with van der Waals surface area (Å²) in [5, 5.41) is 12.3. The number of carbonyl (C=O) groups is 1. The number of nitrogens with one attached hydrogen (secondary N) is 2. The molecule has 0 spiro atoms. The van der Waals surface area contributed by atoms with Crippen molar-refractivity contribution in [3.8, 4) is 5.75 Å². The predicted molar refractivity (Wildman–Crippen MR) is 118 cm³/mol. The smallest absolute Gasteiger partial charge is 0.214 e. The topological polar surface area (TPSA) is 114 Å². The van der Waals surface area contributed by atoms with Crippen molar-refractivity contribution in [1.82, 2.24) is 10.0 Å². The molecule has 1 heterocycles. The normalized spacial score (nSPS) is 27.0. The first-order valence-electron chi connectivity index (χ1n) is 11.1. The summed E-state index contributed by atoms with van der Waals surface area (Å²) in [7, 11) is -3.49. The second kappa shape index (κ2) is 11.9. The van der Waals surface area contributed by atoms with Crippen molar-refractivity contribution in [1.29, 1.82) is 0 Å². The Morgan fingerprint density at radius 3 is 2.68 bits per heavy atom. The number of benzene rings is 1. The molecule has 9 heteroatoms. The van der Waals surface area contributed by atoms with E-state index in [4.69, 9.17) is 14.6 Å². The Hall–Kier alpha value is -1.52. The van der Waals surface area contributed by atoms with E-state index in [-0.39, 0.29) is 37.2 Å². The Kier molecular flexibility index (Phi) is 9.28. The molecule has 0 unspecified atom stereocenters. The summed E-state index contributed by atoms with van der Waals surface area (Å²) in [5.74, 6) is 0.885. The average molecular weight is 455 g/mol. The Morgan fingerprint density at radius 1 is 1.16 bits per heavy atom. The van der Waals surface area contributed by atoms with E-state index in [9.17, 15) is 13.2 Å². The number of piperidine rings is 1. The summed E-state index contributed by atoms with van der Waals surface area (Å²) in [6, 6.07) is 7.61. The molecule has 1 saturated carbocycles. The monoisotopic (exact) mass is 454 g/mol. The van der Waals surface area contributed by atoms with Crippen molar-refractivity contribution in [3.63, 3.8) is 0 Å². The maximum Gasteiger partial charge on any atom is 0.214 e. The number of sulfonamides is 1. The van der Waals surface area contributed by atoms with Gasteiger partial charge in [0.1, 0.15) is 12.4 Å². The molecule has 174 valence electrons. The molecule has 0 amide bonds. The van der Waals surface area contributed by atoms with Crippen LogP contribution in [0, 0.1) is 0 Å². The highest BCUT2D eigenvalue weighted by molar-refractivity contribution is 7.89. The van der Waals surface area contributed by atoms with Gasteiger partial charge in [-0.05, 0) is 62.6 Å². The number of aliphatic hydroxyl groups is 1. The molecule has 3 rings (SSSR count). The number of para-hydroxylation sites is 1. The molecule has 1 aliphatic heterocycles. The minimum absolute atomic E-state index is 0.0626. The first-order valence-corrected chi connectivity index (χ1v) is 12.8. The van der Waals surface area contributed by atoms with E-state index in [0.29, 0.717) is 12.5 Å². The van der Waals surface area contributed by atoms with Crippen molar-refractivity contribution in [3.05, 3.63) is 29.8 Å². The number of aliphatic hydroxyl groups excluding tert-OH is 1. The first-order chi connectivity index (χ1) is 15.0. The van der Waals surface area contributed by atoms with Gasteiger partial charge in [0.15, 0.2) is 6.29 Å². The van der Waals surface area contributed by atoms with E-state index in [1.54, 1.807) is 0 Å². The number of hydrogen-bond donors (Lipinski definition) is 3. The molecular formula is C22H34N2O6S. The maximum atomic E-state index is 12.0. The molecule has 2 fully saturated rings. The van der Waals surface area contributed by atoms with Gasteiger partial charge < -0.3 is 19.9 Å². The van der Waals surface area contributed by atoms with E-state index in [1.165, 1.54) is 0 Å². The Morgan fingerprint density at radius 2 is 1.94 bits per heavy atom. The van der Waals surface area contributed by atoms with Crippen LogP contribution >= 0.6 is 0 Å². The van der Waals surface area contributed by atoms with E-state index >= 15 is 0 Å². The molecule has 2 atom stereocenters. The highest BCUT2D eigenvalue weighted by Gasteiger charge is 2.30. The lowest BCUT2D eigenvalue weighted by Gasteiger charge is -2.35. The van der Waals surface area contributed by atoms with Gasteiger partial charge in [-0.2, -0.15) is 0 Å². The second-order valence-corrected chi connectivity index (χ2v) is 10.2. The maximum absolute atomic E-state index is 12.0. The summed E-state index contributed by atoms with van der Waals surface area (Å²) in [5.41, 5.74) is 1.15. The predicted octanol–water partition coefficient (Wildman–Crippen LogP) is 1.34. The minimum Gasteiger partial charge on any atom is -0.486 e. The molecule has 0 radical (unpaired) electrons. The van der Waals surface area contributed by atoms with E-state index in [1.807, 2.05) is 18.2 Å². The van der Waals surface area contributed by atoms with E-state index in [2.05, 4.69) is 16.1 Å². The molecule has 1 aromatic carbocycles. The van der Waals surface area contributed by atoms with Gasteiger partial charge in [0.2, 0.25) is 10.0 Å². The molecule has 8 nitrogen and oxygen atoms in total. The highest BCUT2D eigenvalue weighted by atomic mass is 32.2. The molecule has 1 saturated heterocycles. The summed E-state index contributed by atoms with van der Waals surface area (Å²) >= 11 is 0. The molecule has 1 aliphatic carbocycles. The first kappa shape index (κ1) is 24.1. The zero-order valence-electron chi connectivity index (χ0n) is 17.9. The Labute approximate surface area is 184 Å². The zero-order chi connectivity index (χ0) is 22.1. The van der Waals surface area contributed by atoms with Crippen LogP contribution in [0.4, 0.5) is 0 Å². The number of ether oxygens (including phenoxy) is 2. The summed E-state index contributed by atoms with van der Waals surface area (Å²) in [4.78, 5) is 10.6. The minimum atomic E-state index is -3.49. The second-order valence-electron chi connectivity index (χ2n) is 8.29. The Balaban J connectivity index is 1.49. The highest BCUT2D eigenvalue weighted by Crippen LogP contribution is 2.38. The van der Waals surface area contributed by atoms with Crippen molar-refractivity contribution in [2.45, 2.75) is 62.6 Å². The number of hydrogen-bond acceptors (Lipinski definition) is 7. The van der Waals surface area contributed by atoms with Gasteiger partial charge in [-0.25, -0.2) is 13.1 Å².